The highest BCUT2D eigenvalue weighted by molar-refractivity contribution is 6.47. The van der Waals surface area contributed by atoms with Crippen LogP contribution < -0.4 is 10.6 Å². The van der Waals surface area contributed by atoms with Gasteiger partial charge in [-0.2, -0.15) is 0 Å². The molecule has 1 aliphatic heterocycles. The Morgan fingerprint density at radius 1 is 0.811 bits per heavy atom. The first kappa shape index (κ1) is 25.9. The van der Waals surface area contributed by atoms with Crippen LogP contribution in [0.4, 0.5) is 5.69 Å². The molecule has 8 nitrogen and oxygen atoms in total. The molecule has 0 aromatic heterocycles. The minimum atomic E-state index is -0.573. The lowest BCUT2D eigenvalue weighted by atomic mass is 10.1. The van der Waals surface area contributed by atoms with Crippen molar-refractivity contribution >= 4 is 52.6 Å². The van der Waals surface area contributed by atoms with Crippen molar-refractivity contribution in [1.82, 2.24) is 10.2 Å². The third-order valence-corrected chi connectivity index (χ3v) is 6.22. The molecule has 3 aromatic rings. The lowest BCUT2D eigenvalue weighted by Crippen LogP contribution is -2.33. The standard InChI is InChI=1S/C27H21Cl2N3O5/c1-37-27(36)19-8-12-21(13-9-19)31-24(33)18-6-2-16(3-7-18)14-30-23-22(29)25(34)32(26(23)35)15-17-4-10-20(28)11-5-17/h2-13,30H,14-15H2,1H3,(H,31,33). The minimum Gasteiger partial charge on any atom is -0.465 e. The molecular weight excluding hydrogens is 517 g/mol. The molecule has 188 valence electrons. The van der Waals surface area contributed by atoms with E-state index in [0.29, 0.717) is 21.8 Å². The summed E-state index contributed by atoms with van der Waals surface area (Å²) in [5.41, 5.74) is 2.86. The molecule has 0 spiro atoms. The van der Waals surface area contributed by atoms with Crippen molar-refractivity contribution in [2.24, 2.45) is 0 Å². The third-order valence-electron chi connectivity index (χ3n) is 5.61. The second-order valence-corrected chi connectivity index (χ2v) is 8.90. The molecule has 0 bridgehead atoms. The Balaban J connectivity index is 1.34. The maximum absolute atomic E-state index is 12.8. The molecule has 10 heteroatoms. The number of imide groups is 1. The fourth-order valence-electron chi connectivity index (χ4n) is 3.59. The number of esters is 1. The van der Waals surface area contributed by atoms with Crippen LogP contribution in [0.25, 0.3) is 0 Å². The Morgan fingerprint density at radius 3 is 2.03 bits per heavy atom. The normalized spacial score (nSPS) is 13.1. The number of rotatable bonds is 8. The molecule has 0 aliphatic carbocycles. The van der Waals surface area contributed by atoms with Crippen LogP contribution in [0.15, 0.2) is 83.5 Å². The predicted octanol–water partition coefficient (Wildman–Crippen LogP) is 4.49. The van der Waals surface area contributed by atoms with E-state index in [4.69, 9.17) is 23.2 Å². The first-order valence-electron chi connectivity index (χ1n) is 11.1. The zero-order valence-electron chi connectivity index (χ0n) is 19.6. The minimum absolute atomic E-state index is 0.0258. The summed E-state index contributed by atoms with van der Waals surface area (Å²) in [6, 6.07) is 19.9. The fraction of sp³-hybridized carbons (Fsp3) is 0.111. The Morgan fingerprint density at radius 2 is 1.41 bits per heavy atom. The number of nitrogens with one attached hydrogen (secondary N) is 2. The highest BCUT2D eigenvalue weighted by Gasteiger charge is 2.37. The van der Waals surface area contributed by atoms with Crippen LogP contribution in [0.1, 0.15) is 31.8 Å². The fourth-order valence-corrected chi connectivity index (χ4v) is 3.97. The number of ether oxygens (including phenoxy) is 1. The molecule has 2 N–H and O–H groups in total. The number of nitrogens with zero attached hydrogens (tertiary/aromatic N) is 1. The summed E-state index contributed by atoms with van der Waals surface area (Å²) in [6.45, 7) is 0.293. The van der Waals surface area contributed by atoms with Crippen LogP contribution in [0, 0.1) is 0 Å². The van der Waals surface area contributed by atoms with E-state index in [1.54, 1.807) is 72.8 Å². The van der Waals surface area contributed by atoms with Crippen LogP contribution in [0.2, 0.25) is 5.02 Å². The van der Waals surface area contributed by atoms with E-state index in [9.17, 15) is 19.2 Å². The highest BCUT2D eigenvalue weighted by atomic mass is 35.5. The van der Waals surface area contributed by atoms with E-state index in [1.165, 1.54) is 7.11 Å². The van der Waals surface area contributed by atoms with Crippen molar-refractivity contribution in [3.05, 3.63) is 111 Å². The van der Waals surface area contributed by atoms with E-state index in [2.05, 4.69) is 15.4 Å². The molecule has 3 aromatic carbocycles. The number of hydrogen-bond donors (Lipinski definition) is 2. The Kier molecular flexibility index (Phi) is 7.91. The van der Waals surface area contributed by atoms with Crippen molar-refractivity contribution in [3.63, 3.8) is 0 Å². The van der Waals surface area contributed by atoms with E-state index in [0.717, 1.165) is 16.0 Å². The van der Waals surface area contributed by atoms with Gasteiger partial charge in [0.2, 0.25) is 0 Å². The smallest absolute Gasteiger partial charge is 0.337 e. The summed E-state index contributed by atoms with van der Waals surface area (Å²) < 4.78 is 4.66. The van der Waals surface area contributed by atoms with Gasteiger partial charge >= 0.3 is 5.97 Å². The second kappa shape index (κ2) is 11.3. The summed E-state index contributed by atoms with van der Waals surface area (Å²) in [5, 5.41) is 6.07. The van der Waals surface area contributed by atoms with E-state index >= 15 is 0 Å². The summed E-state index contributed by atoms with van der Waals surface area (Å²) in [7, 11) is 1.30. The van der Waals surface area contributed by atoms with E-state index < -0.39 is 17.8 Å². The van der Waals surface area contributed by atoms with Crippen molar-refractivity contribution < 1.29 is 23.9 Å². The lowest BCUT2D eigenvalue weighted by Gasteiger charge is -2.15. The van der Waals surface area contributed by atoms with Gasteiger partial charge in [-0.25, -0.2) is 4.79 Å². The number of halogens is 2. The monoisotopic (exact) mass is 537 g/mol. The molecule has 1 heterocycles. The predicted molar refractivity (Wildman–Crippen MR) is 139 cm³/mol. The number of anilines is 1. The molecule has 0 unspecified atom stereocenters. The van der Waals surface area contributed by atoms with Crippen molar-refractivity contribution in [2.45, 2.75) is 13.1 Å². The lowest BCUT2D eigenvalue weighted by molar-refractivity contribution is -0.138. The van der Waals surface area contributed by atoms with Crippen molar-refractivity contribution in [1.29, 1.82) is 0 Å². The van der Waals surface area contributed by atoms with Crippen LogP contribution in [0.3, 0.4) is 0 Å². The molecule has 1 aliphatic rings. The summed E-state index contributed by atoms with van der Waals surface area (Å²) >= 11 is 12.1. The average Bonchev–Trinajstić information content (AvgIpc) is 3.11. The Bertz CT molecular complexity index is 1390. The zero-order valence-corrected chi connectivity index (χ0v) is 21.1. The van der Waals surface area contributed by atoms with Gasteiger partial charge in [-0.3, -0.25) is 19.3 Å². The zero-order chi connectivity index (χ0) is 26.5. The Labute approximate surface area is 222 Å². The van der Waals surface area contributed by atoms with Crippen LogP contribution >= 0.6 is 23.2 Å². The summed E-state index contributed by atoms with van der Waals surface area (Å²) in [5.74, 6) is -1.88. The first-order valence-corrected chi connectivity index (χ1v) is 11.9. The van der Waals surface area contributed by atoms with Gasteiger partial charge in [-0.05, 0) is 59.7 Å². The third kappa shape index (κ3) is 5.99. The SMILES string of the molecule is COC(=O)c1ccc(NC(=O)c2ccc(CNC3=C(Cl)C(=O)N(Cc4ccc(Cl)cc4)C3=O)cc2)cc1. The molecule has 0 radical (unpaired) electrons. The summed E-state index contributed by atoms with van der Waals surface area (Å²) in [4.78, 5) is 50.5. The maximum Gasteiger partial charge on any atom is 0.337 e. The molecular formula is C27H21Cl2N3O5. The quantitative estimate of drug-likeness (QED) is 0.324. The van der Waals surface area contributed by atoms with E-state index in [1.807, 2.05) is 0 Å². The highest BCUT2D eigenvalue weighted by Crippen LogP contribution is 2.25. The van der Waals surface area contributed by atoms with E-state index in [-0.39, 0.29) is 29.7 Å². The van der Waals surface area contributed by atoms with Gasteiger partial charge in [0.1, 0.15) is 10.7 Å². The molecule has 37 heavy (non-hydrogen) atoms. The van der Waals surface area contributed by atoms with Gasteiger partial charge in [-0.1, -0.05) is 47.5 Å². The largest absolute Gasteiger partial charge is 0.465 e. The Hall–Kier alpha value is -4.14. The molecule has 0 atom stereocenters. The van der Waals surface area contributed by atoms with Gasteiger partial charge in [0.05, 0.1) is 19.2 Å². The number of amides is 3. The maximum atomic E-state index is 12.8. The molecule has 4 rings (SSSR count). The van der Waals surface area contributed by atoms with Gasteiger partial charge in [0, 0.05) is 22.8 Å². The molecule has 0 saturated carbocycles. The van der Waals surface area contributed by atoms with Crippen LogP contribution in [0.5, 0.6) is 0 Å². The van der Waals surface area contributed by atoms with Gasteiger partial charge in [0.15, 0.2) is 0 Å². The molecule has 0 fully saturated rings. The van der Waals surface area contributed by atoms with Crippen LogP contribution in [-0.4, -0.2) is 35.7 Å². The van der Waals surface area contributed by atoms with Crippen molar-refractivity contribution in [3.8, 4) is 0 Å². The van der Waals surface area contributed by atoms with Gasteiger partial charge in [-0.15, -0.1) is 0 Å². The second-order valence-electron chi connectivity index (χ2n) is 8.09. The van der Waals surface area contributed by atoms with Gasteiger partial charge < -0.3 is 15.4 Å². The number of methoxy groups -OCH3 is 1. The number of carbonyl (C=O) groups is 4. The number of hydrogen-bond acceptors (Lipinski definition) is 6. The van der Waals surface area contributed by atoms with Gasteiger partial charge in [0.25, 0.3) is 17.7 Å². The molecule has 0 saturated heterocycles. The first-order chi connectivity index (χ1) is 17.8. The topological polar surface area (TPSA) is 105 Å². The number of carbonyl (C=O) groups excluding carboxylic acids is 4. The number of benzene rings is 3. The van der Waals surface area contributed by atoms with Crippen molar-refractivity contribution in [2.75, 3.05) is 12.4 Å². The molecule has 3 amide bonds. The van der Waals surface area contributed by atoms with Crippen LogP contribution in [-0.2, 0) is 27.4 Å². The summed E-state index contributed by atoms with van der Waals surface area (Å²) in [6.07, 6.45) is 0. The average molecular weight is 538 g/mol.